The Morgan fingerprint density at radius 1 is 1.44 bits per heavy atom. The molecule has 0 saturated carbocycles. The van der Waals surface area contributed by atoms with Crippen molar-refractivity contribution < 1.29 is 13.2 Å². The van der Waals surface area contributed by atoms with Crippen molar-refractivity contribution in [3.8, 4) is 0 Å². The molecule has 1 aliphatic heterocycles. The number of methoxy groups -OCH3 is 1. The van der Waals surface area contributed by atoms with Gasteiger partial charge in [-0.3, -0.25) is 0 Å². The van der Waals surface area contributed by atoms with Crippen molar-refractivity contribution in [3.05, 3.63) is 0 Å². The van der Waals surface area contributed by atoms with E-state index < -0.39 is 10.0 Å². The van der Waals surface area contributed by atoms with Crippen LogP contribution < -0.4 is 5.32 Å². The van der Waals surface area contributed by atoms with Crippen molar-refractivity contribution in [2.24, 2.45) is 5.92 Å². The van der Waals surface area contributed by atoms with Gasteiger partial charge in [0.05, 0.1) is 5.75 Å². The van der Waals surface area contributed by atoms with Gasteiger partial charge in [-0.2, -0.15) is 0 Å². The summed E-state index contributed by atoms with van der Waals surface area (Å²) in [6, 6.07) is 0.445. The number of hydrogen-bond acceptors (Lipinski definition) is 4. The summed E-state index contributed by atoms with van der Waals surface area (Å²) in [7, 11) is 0.445. The molecule has 0 aromatic heterocycles. The number of hydrogen-bond donors (Lipinski definition) is 1. The number of ether oxygens (including phenoxy) is 1. The highest BCUT2D eigenvalue weighted by atomic mass is 32.2. The lowest BCUT2D eigenvalue weighted by Crippen LogP contribution is -2.50. The molecular formula is C12H26N2O3S. The van der Waals surface area contributed by atoms with Gasteiger partial charge in [-0.1, -0.05) is 13.3 Å². The van der Waals surface area contributed by atoms with Crippen molar-refractivity contribution in [2.45, 2.75) is 32.2 Å². The molecular weight excluding hydrogens is 252 g/mol. The number of rotatable bonds is 7. The van der Waals surface area contributed by atoms with Crippen LogP contribution in [0, 0.1) is 5.92 Å². The molecule has 0 aromatic rings. The Kier molecular flexibility index (Phi) is 6.55. The number of nitrogens with one attached hydrogen (secondary N) is 1. The Morgan fingerprint density at radius 3 is 2.72 bits per heavy atom. The van der Waals surface area contributed by atoms with Gasteiger partial charge in [-0.25, -0.2) is 12.7 Å². The second-order valence-corrected chi connectivity index (χ2v) is 6.96. The highest BCUT2D eigenvalue weighted by Crippen LogP contribution is 2.22. The highest BCUT2D eigenvalue weighted by molar-refractivity contribution is 7.89. The average molecular weight is 278 g/mol. The maximum absolute atomic E-state index is 12.2. The molecule has 2 unspecified atom stereocenters. The molecule has 1 N–H and O–H groups in total. The summed E-state index contributed by atoms with van der Waals surface area (Å²) >= 11 is 0. The molecule has 1 saturated heterocycles. The second kappa shape index (κ2) is 7.43. The van der Waals surface area contributed by atoms with E-state index >= 15 is 0 Å². The maximum Gasteiger partial charge on any atom is 0.214 e. The zero-order valence-corrected chi connectivity index (χ0v) is 12.5. The summed E-state index contributed by atoms with van der Waals surface area (Å²) in [5, 5.41) is 3.29. The van der Waals surface area contributed by atoms with Crippen molar-refractivity contribution >= 4 is 10.0 Å². The van der Waals surface area contributed by atoms with Crippen LogP contribution in [0.25, 0.3) is 0 Å². The van der Waals surface area contributed by atoms with Gasteiger partial charge in [0.25, 0.3) is 0 Å². The predicted molar refractivity (Wildman–Crippen MR) is 73.1 cm³/mol. The molecule has 6 heteroatoms. The molecule has 2 atom stereocenters. The van der Waals surface area contributed by atoms with Gasteiger partial charge >= 0.3 is 0 Å². The molecule has 1 fully saturated rings. The minimum atomic E-state index is -3.10. The average Bonchev–Trinajstić information content (AvgIpc) is 2.38. The van der Waals surface area contributed by atoms with Gasteiger partial charge < -0.3 is 10.1 Å². The third kappa shape index (κ3) is 4.19. The molecule has 5 nitrogen and oxygen atoms in total. The molecule has 0 radical (unpaired) electrons. The first-order chi connectivity index (χ1) is 8.55. The predicted octanol–water partition coefficient (Wildman–Crippen LogP) is 0.673. The number of piperidine rings is 1. The first kappa shape index (κ1) is 15.9. The summed E-state index contributed by atoms with van der Waals surface area (Å²) in [6.07, 6.45) is 2.48. The van der Waals surface area contributed by atoms with Gasteiger partial charge in [0.15, 0.2) is 0 Å². The highest BCUT2D eigenvalue weighted by Gasteiger charge is 2.32. The van der Waals surface area contributed by atoms with Gasteiger partial charge in [-0.15, -0.1) is 0 Å². The summed E-state index contributed by atoms with van der Waals surface area (Å²) in [5.41, 5.74) is 0. The van der Waals surface area contributed by atoms with Crippen molar-refractivity contribution in [3.63, 3.8) is 0 Å². The minimum Gasteiger partial charge on any atom is -0.385 e. The topological polar surface area (TPSA) is 58.6 Å². The van der Waals surface area contributed by atoms with E-state index in [1.165, 1.54) is 0 Å². The van der Waals surface area contributed by atoms with Gasteiger partial charge in [0.2, 0.25) is 10.0 Å². The van der Waals surface area contributed by atoms with Crippen LogP contribution in [0.3, 0.4) is 0 Å². The Morgan fingerprint density at radius 2 is 2.17 bits per heavy atom. The first-order valence-corrected chi connectivity index (χ1v) is 8.30. The van der Waals surface area contributed by atoms with E-state index in [1.54, 1.807) is 11.4 Å². The molecule has 18 heavy (non-hydrogen) atoms. The van der Waals surface area contributed by atoms with Crippen LogP contribution in [0.2, 0.25) is 0 Å². The zero-order valence-electron chi connectivity index (χ0n) is 11.7. The van der Waals surface area contributed by atoms with Crippen LogP contribution in [0.15, 0.2) is 0 Å². The molecule has 108 valence electrons. The normalized spacial score (nSPS) is 26.4. The van der Waals surface area contributed by atoms with Crippen LogP contribution in [0.4, 0.5) is 0 Å². The fourth-order valence-electron chi connectivity index (χ4n) is 2.56. The molecule has 0 aromatic carbocycles. The Bertz CT molecular complexity index is 332. The molecule has 0 spiro atoms. The summed E-state index contributed by atoms with van der Waals surface area (Å²) in [5.74, 6) is 0.613. The van der Waals surface area contributed by atoms with Crippen LogP contribution in [0.5, 0.6) is 0 Å². The third-order valence-electron chi connectivity index (χ3n) is 3.74. The summed E-state index contributed by atoms with van der Waals surface area (Å²) in [4.78, 5) is 0. The monoisotopic (exact) mass is 278 g/mol. The fourth-order valence-corrected chi connectivity index (χ4v) is 4.10. The molecule has 1 heterocycles. The molecule has 1 rings (SSSR count). The third-order valence-corrected chi connectivity index (χ3v) is 5.66. The SMILES string of the molecule is CCC1CN(S(=O)(=O)CCCOC)CCC1NC. The van der Waals surface area contributed by atoms with Crippen molar-refractivity contribution in [1.29, 1.82) is 0 Å². The lowest BCUT2D eigenvalue weighted by molar-refractivity contribution is 0.195. The zero-order chi connectivity index (χ0) is 13.6. The molecule has 1 aliphatic rings. The number of sulfonamides is 1. The van der Waals surface area contributed by atoms with E-state index in [-0.39, 0.29) is 5.75 Å². The quantitative estimate of drug-likeness (QED) is 0.696. The standard InChI is InChI=1S/C12H26N2O3S/c1-4-11-10-14(7-6-12(11)13-2)18(15,16)9-5-8-17-3/h11-13H,4-10H2,1-3H3. The molecule has 0 amide bonds. The summed E-state index contributed by atoms with van der Waals surface area (Å²) < 4.78 is 30.9. The Labute approximate surface area is 111 Å². The van der Waals surface area contributed by atoms with Gasteiger partial charge in [0, 0.05) is 32.8 Å². The van der Waals surface area contributed by atoms with Crippen molar-refractivity contribution in [2.75, 3.05) is 39.6 Å². The van der Waals surface area contributed by atoms with E-state index in [0.29, 0.717) is 38.1 Å². The van der Waals surface area contributed by atoms with Crippen molar-refractivity contribution in [1.82, 2.24) is 9.62 Å². The van der Waals surface area contributed by atoms with E-state index in [1.807, 2.05) is 7.05 Å². The molecule has 0 aliphatic carbocycles. The maximum atomic E-state index is 12.2. The van der Waals surface area contributed by atoms with Gasteiger partial charge in [-0.05, 0) is 25.8 Å². The van der Waals surface area contributed by atoms with E-state index in [4.69, 9.17) is 4.74 Å². The Hall–Kier alpha value is -0.170. The fraction of sp³-hybridized carbons (Fsp3) is 1.00. The lowest BCUT2D eigenvalue weighted by atomic mass is 9.91. The lowest BCUT2D eigenvalue weighted by Gasteiger charge is -2.37. The largest absolute Gasteiger partial charge is 0.385 e. The number of nitrogens with zero attached hydrogens (tertiary/aromatic N) is 1. The van der Waals surface area contributed by atoms with Crippen LogP contribution in [0.1, 0.15) is 26.2 Å². The summed E-state index contributed by atoms with van der Waals surface area (Å²) in [6.45, 7) is 3.91. The van der Waals surface area contributed by atoms with Gasteiger partial charge in [0.1, 0.15) is 0 Å². The smallest absolute Gasteiger partial charge is 0.214 e. The van der Waals surface area contributed by atoms with Crippen LogP contribution in [-0.4, -0.2) is 58.4 Å². The second-order valence-electron chi connectivity index (χ2n) is 4.87. The van der Waals surface area contributed by atoms with Crippen LogP contribution in [-0.2, 0) is 14.8 Å². The van der Waals surface area contributed by atoms with E-state index in [0.717, 1.165) is 12.8 Å². The van der Waals surface area contributed by atoms with E-state index in [2.05, 4.69) is 12.2 Å². The minimum absolute atomic E-state index is 0.196. The van der Waals surface area contributed by atoms with E-state index in [9.17, 15) is 8.42 Å². The first-order valence-electron chi connectivity index (χ1n) is 6.69. The van der Waals surface area contributed by atoms with Crippen LogP contribution >= 0.6 is 0 Å². The Balaban J connectivity index is 2.56. The molecule has 0 bridgehead atoms.